The topological polar surface area (TPSA) is 75.0 Å². The molecule has 4 rings (SSSR count). The Balaban J connectivity index is 1.54. The third-order valence-electron chi connectivity index (χ3n) is 4.60. The van der Waals surface area contributed by atoms with Crippen LogP contribution in [0.5, 0.6) is 0 Å². The number of fused-ring (bicyclic) bond motifs is 2. The Morgan fingerprint density at radius 2 is 2.04 bits per heavy atom. The Hall–Kier alpha value is -3.22. The number of amides is 1. The molecular formula is C19H17FN4O2. The lowest BCUT2D eigenvalue weighted by atomic mass is 10.1. The van der Waals surface area contributed by atoms with Gasteiger partial charge in [0.15, 0.2) is 0 Å². The van der Waals surface area contributed by atoms with E-state index in [0.717, 1.165) is 22.2 Å². The highest BCUT2D eigenvalue weighted by molar-refractivity contribution is 5.90. The van der Waals surface area contributed by atoms with Crippen LogP contribution in [-0.2, 0) is 17.8 Å². The van der Waals surface area contributed by atoms with Crippen LogP contribution in [0.25, 0.3) is 21.9 Å². The van der Waals surface area contributed by atoms with Crippen LogP contribution in [0.4, 0.5) is 4.39 Å². The molecule has 0 atom stereocenters. The number of halogens is 1. The predicted molar refractivity (Wildman–Crippen MR) is 95.0 cm³/mol. The standard InChI is InChI=1S/C19H17FN4O2/c1-11-14(13-4-3-5-15(20)19(13)21-11)9-18(25)24(2)10-12-6-7-16-17(8-12)23-26-22-16/h3-8,21H,9-10H2,1-2H3. The fourth-order valence-corrected chi connectivity index (χ4v) is 3.17. The lowest BCUT2D eigenvalue weighted by Crippen LogP contribution is -2.27. The van der Waals surface area contributed by atoms with Gasteiger partial charge in [-0.25, -0.2) is 9.02 Å². The van der Waals surface area contributed by atoms with E-state index in [2.05, 4.69) is 15.3 Å². The van der Waals surface area contributed by atoms with E-state index in [1.165, 1.54) is 6.07 Å². The molecule has 0 aliphatic carbocycles. The fraction of sp³-hybridized carbons (Fsp3) is 0.211. The first-order valence-electron chi connectivity index (χ1n) is 8.24. The van der Waals surface area contributed by atoms with Crippen LogP contribution in [-0.4, -0.2) is 33.2 Å². The van der Waals surface area contributed by atoms with Gasteiger partial charge in [-0.05, 0) is 46.6 Å². The molecule has 2 aromatic heterocycles. The number of carbonyl (C=O) groups excluding carboxylic acids is 1. The molecule has 1 amide bonds. The van der Waals surface area contributed by atoms with Gasteiger partial charge < -0.3 is 9.88 Å². The summed E-state index contributed by atoms with van der Waals surface area (Å²) in [6.45, 7) is 2.30. The Labute approximate surface area is 148 Å². The second kappa shape index (κ2) is 6.25. The largest absolute Gasteiger partial charge is 0.356 e. The summed E-state index contributed by atoms with van der Waals surface area (Å²) in [5.74, 6) is -0.358. The van der Waals surface area contributed by atoms with Crippen LogP contribution in [0.3, 0.4) is 0 Å². The predicted octanol–water partition coefficient (Wildman–Crippen LogP) is 3.35. The van der Waals surface area contributed by atoms with Crippen molar-refractivity contribution in [2.45, 2.75) is 19.9 Å². The zero-order valence-electron chi connectivity index (χ0n) is 14.4. The second-order valence-electron chi connectivity index (χ2n) is 6.40. The molecule has 0 saturated carbocycles. The molecule has 132 valence electrons. The van der Waals surface area contributed by atoms with Gasteiger partial charge in [0.05, 0.1) is 11.9 Å². The van der Waals surface area contributed by atoms with E-state index in [-0.39, 0.29) is 18.1 Å². The number of nitrogens with one attached hydrogen (secondary N) is 1. The molecule has 26 heavy (non-hydrogen) atoms. The zero-order chi connectivity index (χ0) is 18.3. The first-order chi connectivity index (χ1) is 12.5. The number of H-pyrrole nitrogens is 1. The van der Waals surface area contributed by atoms with Gasteiger partial charge in [0, 0.05) is 24.7 Å². The van der Waals surface area contributed by atoms with Gasteiger partial charge in [-0.1, -0.05) is 18.2 Å². The summed E-state index contributed by atoms with van der Waals surface area (Å²) in [7, 11) is 1.75. The fourth-order valence-electron chi connectivity index (χ4n) is 3.17. The van der Waals surface area contributed by atoms with Crippen molar-refractivity contribution in [2.75, 3.05) is 7.05 Å². The number of benzene rings is 2. The highest BCUT2D eigenvalue weighted by atomic mass is 19.1. The molecule has 0 bridgehead atoms. The van der Waals surface area contributed by atoms with Gasteiger partial charge in [-0.15, -0.1) is 0 Å². The van der Waals surface area contributed by atoms with Crippen molar-refractivity contribution in [2.24, 2.45) is 0 Å². The number of aromatic amines is 1. The van der Waals surface area contributed by atoms with E-state index in [0.29, 0.717) is 23.1 Å². The quantitative estimate of drug-likeness (QED) is 0.611. The molecule has 0 fully saturated rings. The van der Waals surface area contributed by atoms with Crippen molar-refractivity contribution in [3.8, 4) is 0 Å². The normalized spacial score (nSPS) is 11.3. The van der Waals surface area contributed by atoms with E-state index in [9.17, 15) is 9.18 Å². The molecular weight excluding hydrogens is 335 g/mol. The van der Waals surface area contributed by atoms with Crippen LogP contribution in [0.1, 0.15) is 16.8 Å². The van der Waals surface area contributed by atoms with E-state index in [1.807, 2.05) is 31.2 Å². The summed E-state index contributed by atoms with van der Waals surface area (Å²) in [6.07, 6.45) is 0.208. The maximum Gasteiger partial charge on any atom is 0.227 e. The average Bonchev–Trinajstić information content (AvgIpc) is 3.20. The smallest absolute Gasteiger partial charge is 0.227 e. The van der Waals surface area contributed by atoms with E-state index < -0.39 is 0 Å². The minimum Gasteiger partial charge on any atom is -0.356 e. The van der Waals surface area contributed by atoms with Gasteiger partial charge in [0.25, 0.3) is 0 Å². The monoisotopic (exact) mass is 352 g/mol. The summed E-state index contributed by atoms with van der Waals surface area (Å²) < 4.78 is 18.6. The third kappa shape index (κ3) is 2.81. The molecule has 4 aromatic rings. The van der Waals surface area contributed by atoms with Crippen LogP contribution in [0.15, 0.2) is 41.0 Å². The molecule has 6 nitrogen and oxygen atoms in total. The summed E-state index contributed by atoms with van der Waals surface area (Å²) >= 11 is 0. The van der Waals surface area contributed by atoms with Crippen molar-refractivity contribution in [1.29, 1.82) is 0 Å². The Morgan fingerprint density at radius 3 is 2.88 bits per heavy atom. The number of aryl methyl sites for hydroxylation is 1. The summed E-state index contributed by atoms with van der Waals surface area (Å²) in [5.41, 5.74) is 4.35. The van der Waals surface area contributed by atoms with Crippen molar-refractivity contribution in [1.82, 2.24) is 20.2 Å². The number of rotatable bonds is 4. The Bertz CT molecular complexity index is 1120. The van der Waals surface area contributed by atoms with Crippen LogP contribution < -0.4 is 0 Å². The minimum absolute atomic E-state index is 0.0448. The SMILES string of the molecule is Cc1[nH]c2c(F)cccc2c1CC(=O)N(C)Cc1ccc2nonc2c1. The molecule has 0 aliphatic heterocycles. The van der Waals surface area contributed by atoms with E-state index in [1.54, 1.807) is 18.0 Å². The van der Waals surface area contributed by atoms with Gasteiger partial charge in [0.1, 0.15) is 16.9 Å². The van der Waals surface area contributed by atoms with Crippen molar-refractivity contribution in [3.05, 3.63) is 59.0 Å². The molecule has 1 N–H and O–H groups in total. The minimum atomic E-state index is -0.313. The molecule has 0 spiro atoms. The van der Waals surface area contributed by atoms with E-state index in [4.69, 9.17) is 4.63 Å². The number of nitrogens with zero attached hydrogens (tertiary/aromatic N) is 3. The number of hydrogen-bond donors (Lipinski definition) is 1. The van der Waals surface area contributed by atoms with Crippen molar-refractivity contribution < 1.29 is 13.8 Å². The molecule has 0 aliphatic rings. The second-order valence-corrected chi connectivity index (χ2v) is 6.40. The van der Waals surface area contributed by atoms with Crippen molar-refractivity contribution >= 4 is 27.8 Å². The summed E-state index contributed by atoms with van der Waals surface area (Å²) in [4.78, 5) is 17.4. The number of carbonyl (C=O) groups is 1. The molecule has 0 unspecified atom stereocenters. The summed E-state index contributed by atoms with van der Waals surface area (Å²) in [6, 6.07) is 10.4. The average molecular weight is 352 g/mol. The van der Waals surface area contributed by atoms with Crippen LogP contribution in [0.2, 0.25) is 0 Å². The number of aromatic nitrogens is 3. The lowest BCUT2D eigenvalue weighted by molar-refractivity contribution is -0.129. The first-order valence-corrected chi connectivity index (χ1v) is 8.24. The molecule has 7 heteroatoms. The number of likely N-dealkylation sites (N-methyl/N-ethyl adjacent to an activating group) is 1. The third-order valence-corrected chi connectivity index (χ3v) is 4.60. The molecule has 0 saturated heterocycles. The lowest BCUT2D eigenvalue weighted by Gasteiger charge is -2.17. The zero-order valence-corrected chi connectivity index (χ0v) is 14.4. The highest BCUT2D eigenvalue weighted by Crippen LogP contribution is 2.25. The van der Waals surface area contributed by atoms with E-state index >= 15 is 0 Å². The summed E-state index contributed by atoms with van der Waals surface area (Å²) in [5, 5.41) is 8.34. The van der Waals surface area contributed by atoms with Gasteiger partial charge in [-0.3, -0.25) is 4.79 Å². The maximum absolute atomic E-state index is 13.9. The van der Waals surface area contributed by atoms with Gasteiger partial charge in [-0.2, -0.15) is 0 Å². The molecule has 2 aromatic carbocycles. The Kier molecular flexibility index (Phi) is 3.91. The van der Waals surface area contributed by atoms with Gasteiger partial charge >= 0.3 is 0 Å². The molecule has 2 heterocycles. The number of para-hydroxylation sites is 1. The molecule has 0 radical (unpaired) electrons. The van der Waals surface area contributed by atoms with Crippen LogP contribution in [0, 0.1) is 12.7 Å². The number of hydrogen-bond acceptors (Lipinski definition) is 4. The van der Waals surface area contributed by atoms with Crippen molar-refractivity contribution in [3.63, 3.8) is 0 Å². The highest BCUT2D eigenvalue weighted by Gasteiger charge is 2.17. The van der Waals surface area contributed by atoms with Crippen LogP contribution >= 0.6 is 0 Å². The van der Waals surface area contributed by atoms with Gasteiger partial charge in [0.2, 0.25) is 5.91 Å². The Morgan fingerprint density at radius 1 is 1.23 bits per heavy atom. The maximum atomic E-state index is 13.9. The first kappa shape index (κ1) is 16.3.